The number of nitrogens with zero attached hydrogens (tertiary/aromatic N) is 1. The fraction of sp³-hybridized carbons (Fsp3) is 0.444. The monoisotopic (exact) mass is 208 g/mol. The van der Waals surface area contributed by atoms with Crippen LogP contribution in [0.4, 0.5) is 0 Å². The van der Waals surface area contributed by atoms with E-state index >= 15 is 0 Å². The third-order valence-corrected chi connectivity index (χ3v) is 2.31. The molecule has 80 valence electrons. The summed E-state index contributed by atoms with van der Waals surface area (Å²) in [7, 11) is 0. The van der Waals surface area contributed by atoms with Crippen molar-refractivity contribution in [1.29, 1.82) is 0 Å². The molecule has 2 rings (SSSR count). The van der Waals surface area contributed by atoms with E-state index in [1.165, 1.54) is 12.1 Å². The number of aromatic amines is 1. The molecule has 1 aromatic heterocycles. The summed E-state index contributed by atoms with van der Waals surface area (Å²) in [6, 6.07) is 2.86. The van der Waals surface area contributed by atoms with Crippen LogP contribution < -0.4 is 16.2 Å². The van der Waals surface area contributed by atoms with Crippen LogP contribution in [0.25, 0.3) is 0 Å². The van der Waals surface area contributed by atoms with Gasteiger partial charge in [0.2, 0.25) is 0 Å². The standard InChI is InChI=1S/C9H12N4O2/c14-8-2-1-7(12-13-8)9(15)11-6-3-4-10-5-6/h1-2,6,10H,3-5H2,(H,11,15)(H,13,14)/t6-/m1/s1. The summed E-state index contributed by atoms with van der Waals surface area (Å²) in [6.07, 6.45) is 0.926. The first-order chi connectivity index (χ1) is 7.25. The molecule has 1 aromatic rings. The maximum atomic E-state index is 11.6. The summed E-state index contributed by atoms with van der Waals surface area (Å²) in [5.41, 5.74) is -0.0735. The van der Waals surface area contributed by atoms with Gasteiger partial charge in [0.15, 0.2) is 0 Å². The van der Waals surface area contributed by atoms with Crippen LogP contribution in [0.5, 0.6) is 0 Å². The van der Waals surface area contributed by atoms with E-state index in [0.29, 0.717) is 0 Å². The molecule has 2 heterocycles. The van der Waals surface area contributed by atoms with Gasteiger partial charge in [-0.1, -0.05) is 0 Å². The minimum absolute atomic E-state index is 0.159. The van der Waals surface area contributed by atoms with Gasteiger partial charge in [0.05, 0.1) is 0 Å². The van der Waals surface area contributed by atoms with Crippen LogP contribution in [0.1, 0.15) is 16.9 Å². The summed E-state index contributed by atoms with van der Waals surface area (Å²) in [5.74, 6) is -0.250. The number of nitrogens with one attached hydrogen (secondary N) is 3. The summed E-state index contributed by atoms with van der Waals surface area (Å²) < 4.78 is 0. The van der Waals surface area contributed by atoms with Gasteiger partial charge in [-0.3, -0.25) is 9.59 Å². The van der Waals surface area contributed by atoms with E-state index in [0.717, 1.165) is 19.5 Å². The first kappa shape index (κ1) is 9.85. The normalized spacial score (nSPS) is 20.1. The average Bonchev–Trinajstić information content (AvgIpc) is 2.71. The molecule has 0 unspecified atom stereocenters. The molecule has 1 aliphatic heterocycles. The van der Waals surface area contributed by atoms with Crippen molar-refractivity contribution in [3.63, 3.8) is 0 Å². The van der Waals surface area contributed by atoms with Gasteiger partial charge in [-0.2, -0.15) is 5.10 Å². The molecule has 6 heteroatoms. The Morgan fingerprint density at radius 2 is 2.40 bits per heavy atom. The van der Waals surface area contributed by atoms with Crippen molar-refractivity contribution in [3.8, 4) is 0 Å². The number of H-pyrrole nitrogens is 1. The predicted octanol–water partition coefficient (Wildman–Crippen LogP) is -1.14. The van der Waals surface area contributed by atoms with Crippen LogP contribution in [0, 0.1) is 0 Å². The van der Waals surface area contributed by atoms with Crippen LogP contribution >= 0.6 is 0 Å². The van der Waals surface area contributed by atoms with Gasteiger partial charge in [-0.25, -0.2) is 5.10 Å². The van der Waals surface area contributed by atoms with Gasteiger partial charge in [0.25, 0.3) is 11.5 Å². The summed E-state index contributed by atoms with van der Waals surface area (Å²) in [4.78, 5) is 22.3. The zero-order valence-corrected chi connectivity index (χ0v) is 8.12. The Bertz CT molecular complexity index is 388. The lowest BCUT2D eigenvalue weighted by atomic mass is 10.2. The van der Waals surface area contributed by atoms with Crippen molar-refractivity contribution in [2.75, 3.05) is 13.1 Å². The Morgan fingerprint density at radius 1 is 1.53 bits per heavy atom. The van der Waals surface area contributed by atoms with Gasteiger partial charge in [0.1, 0.15) is 5.69 Å². The van der Waals surface area contributed by atoms with Crippen molar-refractivity contribution < 1.29 is 4.79 Å². The number of amides is 1. The van der Waals surface area contributed by atoms with Crippen molar-refractivity contribution >= 4 is 5.91 Å². The molecule has 0 spiro atoms. The smallest absolute Gasteiger partial charge is 0.271 e. The summed E-state index contributed by atoms with van der Waals surface area (Å²) in [5, 5.41) is 11.8. The van der Waals surface area contributed by atoms with Crippen molar-refractivity contribution in [1.82, 2.24) is 20.8 Å². The SMILES string of the molecule is O=C(N[C@@H]1CCNC1)c1ccc(=O)[nH]n1. The van der Waals surface area contributed by atoms with Gasteiger partial charge in [0, 0.05) is 18.7 Å². The zero-order valence-electron chi connectivity index (χ0n) is 8.12. The third kappa shape index (κ3) is 2.41. The largest absolute Gasteiger partial charge is 0.347 e. The van der Waals surface area contributed by atoms with Gasteiger partial charge in [-0.05, 0) is 19.0 Å². The molecule has 3 N–H and O–H groups in total. The second kappa shape index (κ2) is 4.22. The molecular formula is C9H12N4O2. The Labute approximate surface area is 86.1 Å². The molecule has 0 bridgehead atoms. The van der Waals surface area contributed by atoms with E-state index in [1.807, 2.05) is 0 Å². The second-order valence-electron chi connectivity index (χ2n) is 3.47. The average molecular weight is 208 g/mol. The highest BCUT2D eigenvalue weighted by Crippen LogP contribution is 1.98. The fourth-order valence-corrected chi connectivity index (χ4v) is 1.51. The molecule has 15 heavy (non-hydrogen) atoms. The van der Waals surface area contributed by atoms with Crippen LogP contribution in [0.2, 0.25) is 0 Å². The molecule has 1 aliphatic rings. The van der Waals surface area contributed by atoms with E-state index in [1.54, 1.807) is 0 Å². The number of hydrogen-bond acceptors (Lipinski definition) is 4. The molecule has 1 amide bonds. The van der Waals surface area contributed by atoms with E-state index in [2.05, 4.69) is 20.8 Å². The molecule has 0 aliphatic carbocycles. The topological polar surface area (TPSA) is 86.9 Å². The number of hydrogen-bond donors (Lipinski definition) is 3. The van der Waals surface area contributed by atoms with Crippen LogP contribution in [-0.2, 0) is 0 Å². The molecule has 0 saturated carbocycles. The summed E-state index contributed by atoms with van der Waals surface area (Å²) >= 11 is 0. The zero-order chi connectivity index (χ0) is 10.7. The Morgan fingerprint density at radius 3 is 3.00 bits per heavy atom. The lowest BCUT2D eigenvalue weighted by Gasteiger charge is -2.09. The Balaban J connectivity index is 2.01. The fourth-order valence-electron chi connectivity index (χ4n) is 1.51. The highest BCUT2D eigenvalue weighted by atomic mass is 16.2. The van der Waals surface area contributed by atoms with Crippen LogP contribution in [-0.4, -0.2) is 35.2 Å². The van der Waals surface area contributed by atoms with Crippen molar-refractivity contribution in [2.45, 2.75) is 12.5 Å². The number of rotatable bonds is 2. The Kier molecular flexibility index (Phi) is 2.77. The number of carbonyl (C=O) groups is 1. The minimum atomic E-state index is -0.311. The first-order valence-corrected chi connectivity index (χ1v) is 4.83. The number of carbonyl (C=O) groups excluding carboxylic acids is 1. The predicted molar refractivity (Wildman–Crippen MR) is 53.6 cm³/mol. The molecule has 1 atom stereocenters. The molecule has 0 radical (unpaired) electrons. The second-order valence-corrected chi connectivity index (χ2v) is 3.47. The van der Waals surface area contributed by atoms with E-state index in [-0.39, 0.29) is 23.2 Å². The highest BCUT2D eigenvalue weighted by Gasteiger charge is 2.17. The highest BCUT2D eigenvalue weighted by molar-refractivity contribution is 5.92. The van der Waals surface area contributed by atoms with Crippen LogP contribution in [0.15, 0.2) is 16.9 Å². The molecule has 6 nitrogen and oxygen atoms in total. The van der Waals surface area contributed by atoms with Gasteiger partial charge < -0.3 is 10.6 Å². The van der Waals surface area contributed by atoms with Gasteiger partial charge in [-0.15, -0.1) is 0 Å². The first-order valence-electron chi connectivity index (χ1n) is 4.83. The molecule has 1 fully saturated rings. The maximum Gasteiger partial charge on any atom is 0.271 e. The van der Waals surface area contributed by atoms with Gasteiger partial charge >= 0.3 is 0 Å². The summed E-state index contributed by atoms with van der Waals surface area (Å²) in [6.45, 7) is 1.71. The Hall–Kier alpha value is -1.69. The van der Waals surface area contributed by atoms with Crippen molar-refractivity contribution in [2.24, 2.45) is 0 Å². The lowest BCUT2D eigenvalue weighted by Crippen LogP contribution is -2.37. The maximum absolute atomic E-state index is 11.6. The quantitative estimate of drug-likeness (QED) is 0.573. The molecule has 0 aromatic carbocycles. The molecular weight excluding hydrogens is 196 g/mol. The van der Waals surface area contributed by atoms with E-state index in [4.69, 9.17) is 0 Å². The van der Waals surface area contributed by atoms with E-state index < -0.39 is 0 Å². The number of aromatic nitrogens is 2. The van der Waals surface area contributed by atoms with Crippen molar-refractivity contribution in [3.05, 3.63) is 28.2 Å². The molecule has 1 saturated heterocycles. The minimum Gasteiger partial charge on any atom is -0.347 e. The third-order valence-electron chi connectivity index (χ3n) is 2.31. The van der Waals surface area contributed by atoms with Crippen LogP contribution in [0.3, 0.4) is 0 Å². The lowest BCUT2D eigenvalue weighted by molar-refractivity contribution is 0.0934. The van der Waals surface area contributed by atoms with E-state index in [9.17, 15) is 9.59 Å².